The summed E-state index contributed by atoms with van der Waals surface area (Å²) in [4.78, 5) is 13.4. The van der Waals surface area contributed by atoms with E-state index in [1.165, 1.54) is 11.3 Å². The average molecular weight is 285 g/mol. The van der Waals surface area contributed by atoms with E-state index >= 15 is 0 Å². The van der Waals surface area contributed by atoms with Gasteiger partial charge in [-0.2, -0.15) is 0 Å². The van der Waals surface area contributed by atoms with E-state index in [9.17, 15) is 4.79 Å². The molecule has 0 fully saturated rings. The van der Waals surface area contributed by atoms with Crippen molar-refractivity contribution in [3.05, 3.63) is 17.5 Å². The summed E-state index contributed by atoms with van der Waals surface area (Å²) in [5.74, 6) is -0.149. The van der Waals surface area contributed by atoms with E-state index in [0.29, 0.717) is 23.2 Å². The number of thiophene rings is 1. The molecule has 1 amide bonds. The van der Waals surface area contributed by atoms with Crippen molar-refractivity contribution in [2.45, 2.75) is 24.8 Å². The lowest BCUT2D eigenvalue weighted by atomic mass is 10.3. The smallest absolute Gasteiger partial charge is 0.263 e. The predicted molar refractivity (Wildman–Crippen MR) is 81.8 cm³/mol. The summed E-state index contributed by atoms with van der Waals surface area (Å²) >= 11 is 2.94. The first-order valence-electron chi connectivity index (χ1n) is 5.63. The Morgan fingerprint density at radius 2 is 2.28 bits per heavy atom. The summed E-state index contributed by atoms with van der Waals surface area (Å²) in [5.41, 5.74) is 6.58. The monoisotopic (exact) mass is 285 g/mol. The molecule has 0 spiro atoms. The third kappa shape index (κ3) is 3.43. The van der Waals surface area contributed by atoms with Crippen LogP contribution in [-0.4, -0.2) is 24.7 Å². The first-order valence-corrected chi connectivity index (χ1v) is 7.67. The second-order valence-electron chi connectivity index (χ2n) is 4.00. The Hall–Kier alpha value is -1.14. The number of anilines is 2. The lowest BCUT2D eigenvalue weighted by molar-refractivity contribution is 0.0963. The van der Waals surface area contributed by atoms with Gasteiger partial charge in [-0.3, -0.25) is 4.79 Å². The molecule has 4 nitrogen and oxygen atoms in total. The molecular weight excluding hydrogens is 266 g/mol. The van der Waals surface area contributed by atoms with Crippen LogP contribution in [0.15, 0.2) is 17.6 Å². The standard InChI is InChI=1S/C12H19N3OS2/c1-5-6-14-11(16)9-8(13)10(17-4)12(18-9)15-7(2)3/h5,7,15H,1,6,13H2,2-4H3,(H,14,16). The number of thioether (sulfide) groups is 1. The van der Waals surface area contributed by atoms with Crippen molar-refractivity contribution in [3.8, 4) is 0 Å². The number of nitrogens with two attached hydrogens (primary N) is 1. The zero-order valence-electron chi connectivity index (χ0n) is 10.9. The molecule has 0 atom stereocenters. The fraction of sp³-hybridized carbons (Fsp3) is 0.417. The van der Waals surface area contributed by atoms with Crippen LogP contribution >= 0.6 is 23.1 Å². The van der Waals surface area contributed by atoms with Crippen molar-refractivity contribution in [1.29, 1.82) is 0 Å². The van der Waals surface area contributed by atoms with Crippen LogP contribution in [-0.2, 0) is 0 Å². The zero-order valence-corrected chi connectivity index (χ0v) is 12.5. The zero-order chi connectivity index (χ0) is 13.7. The molecule has 0 bridgehead atoms. The van der Waals surface area contributed by atoms with Crippen molar-refractivity contribution in [1.82, 2.24) is 5.32 Å². The summed E-state index contributed by atoms with van der Waals surface area (Å²) in [5, 5.41) is 7.01. The molecule has 6 heteroatoms. The van der Waals surface area contributed by atoms with Crippen molar-refractivity contribution in [2.75, 3.05) is 23.9 Å². The van der Waals surface area contributed by atoms with Gasteiger partial charge in [-0.1, -0.05) is 6.08 Å². The molecule has 1 aromatic heterocycles. The normalized spacial score (nSPS) is 10.4. The van der Waals surface area contributed by atoms with Gasteiger partial charge >= 0.3 is 0 Å². The highest BCUT2D eigenvalue weighted by atomic mass is 32.2. The lowest BCUT2D eigenvalue weighted by Crippen LogP contribution is -2.23. The quantitative estimate of drug-likeness (QED) is 0.555. The first-order chi connectivity index (χ1) is 8.51. The fourth-order valence-electron chi connectivity index (χ4n) is 1.40. The van der Waals surface area contributed by atoms with Crippen molar-refractivity contribution in [3.63, 3.8) is 0 Å². The van der Waals surface area contributed by atoms with E-state index in [2.05, 4.69) is 31.1 Å². The second-order valence-corrected chi connectivity index (χ2v) is 5.84. The fourth-order valence-corrected chi connectivity index (χ4v) is 3.49. The number of carbonyl (C=O) groups is 1. The molecular formula is C12H19N3OS2. The lowest BCUT2D eigenvalue weighted by Gasteiger charge is -2.08. The predicted octanol–water partition coefficient (Wildman–Crippen LogP) is 2.79. The third-order valence-electron chi connectivity index (χ3n) is 2.14. The second kappa shape index (κ2) is 6.70. The van der Waals surface area contributed by atoms with Crippen molar-refractivity contribution < 1.29 is 4.79 Å². The van der Waals surface area contributed by atoms with E-state index in [4.69, 9.17) is 5.73 Å². The molecule has 0 aliphatic heterocycles. The maximum Gasteiger partial charge on any atom is 0.263 e. The minimum absolute atomic E-state index is 0.149. The summed E-state index contributed by atoms with van der Waals surface area (Å²) in [6.07, 6.45) is 3.60. The number of nitrogen functional groups attached to an aromatic ring is 1. The molecule has 18 heavy (non-hydrogen) atoms. The highest BCUT2D eigenvalue weighted by Crippen LogP contribution is 2.41. The summed E-state index contributed by atoms with van der Waals surface area (Å²) in [7, 11) is 0. The van der Waals surface area contributed by atoms with Crippen LogP contribution in [0.5, 0.6) is 0 Å². The van der Waals surface area contributed by atoms with Crippen LogP contribution < -0.4 is 16.4 Å². The number of carbonyl (C=O) groups excluding carboxylic acids is 1. The van der Waals surface area contributed by atoms with Crippen LogP contribution in [0.1, 0.15) is 23.5 Å². The van der Waals surface area contributed by atoms with Crippen LogP contribution in [0.4, 0.5) is 10.7 Å². The molecule has 1 aromatic rings. The van der Waals surface area contributed by atoms with Gasteiger partial charge in [-0.15, -0.1) is 29.7 Å². The van der Waals surface area contributed by atoms with Gasteiger partial charge in [0.05, 0.1) is 10.6 Å². The molecule has 0 aromatic carbocycles. The molecule has 1 heterocycles. The maximum atomic E-state index is 11.9. The molecule has 0 aliphatic rings. The summed E-state index contributed by atoms with van der Waals surface area (Å²) in [6.45, 7) is 8.12. The van der Waals surface area contributed by atoms with E-state index in [-0.39, 0.29) is 5.91 Å². The van der Waals surface area contributed by atoms with E-state index in [1.807, 2.05) is 6.26 Å². The molecule has 0 aliphatic carbocycles. The Labute approximate surface area is 116 Å². The molecule has 0 saturated heterocycles. The highest BCUT2D eigenvalue weighted by Gasteiger charge is 2.20. The Morgan fingerprint density at radius 3 is 2.78 bits per heavy atom. The number of nitrogens with one attached hydrogen (secondary N) is 2. The maximum absolute atomic E-state index is 11.9. The van der Waals surface area contributed by atoms with Crippen LogP contribution in [0, 0.1) is 0 Å². The first kappa shape index (κ1) is 14.9. The third-order valence-corrected chi connectivity index (χ3v) is 4.23. The minimum Gasteiger partial charge on any atom is -0.396 e. The number of rotatable bonds is 6. The number of amides is 1. The Kier molecular flexibility index (Phi) is 5.55. The van der Waals surface area contributed by atoms with Gasteiger partial charge in [0, 0.05) is 12.6 Å². The molecule has 100 valence electrons. The minimum atomic E-state index is -0.149. The Bertz CT molecular complexity index is 441. The van der Waals surface area contributed by atoms with Gasteiger partial charge in [0.15, 0.2) is 0 Å². The molecule has 0 saturated carbocycles. The van der Waals surface area contributed by atoms with E-state index in [1.54, 1.807) is 17.8 Å². The highest BCUT2D eigenvalue weighted by molar-refractivity contribution is 7.99. The average Bonchev–Trinajstić information content (AvgIpc) is 2.61. The summed E-state index contributed by atoms with van der Waals surface area (Å²) < 4.78 is 0. The molecule has 1 rings (SSSR count). The van der Waals surface area contributed by atoms with Gasteiger partial charge < -0.3 is 16.4 Å². The van der Waals surface area contributed by atoms with Crippen molar-refractivity contribution >= 4 is 39.7 Å². The van der Waals surface area contributed by atoms with Gasteiger partial charge in [0.1, 0.15) is 9.88 Å². The molecule has 0 radical (unpaired) electrons. The van der Waals surface area contributed by atoms with Gasteiger partial charge in [-0.25, -0.2) is 0 Å². The van der Waals surface area contributed by atoms with Crippen LogP contribution in [0.2, 0.25) is 0 Å². The molecule has 0 unspecified atom stereocenters. The SMILES string of the molecule is C=CCNC(=O)c1sc(NC(C)C)c(SC)c1N. The van der Waals surface area contributed by atoms with Crippen LogP contribution in [0.3, 0.4) is 0 Å². The van der Waals surface area contributed by atoms with E-state index < -0.39 is 0 Å². The van der Waals surface area contributed by atoms with Gasteiger partial charge in [0.2, 0.25) is 0 Å². The molecule has 4 N–H and O–H groups in total. The summed E-state index contributed by atoms with van der Waals surface area (Å²) in [6, 6.07) is 0.304. The number of hydrogen-bond acceptors (Lipinski definition) is 5. The van der Waals surface area contributed by atoms with Crippen molar-refractivity contribution in [2.24, 2.45) is 0 Å². The van der Waals surface area contributed by atoms with Gasteiger partial charge in [-0.05, 0) is 20.1 Å². The van der Waals surface area contributed by atoms with E-state index in [0.717, 1.165) is 9.90 Å². The Balaban J connectivity index is 3.02. The largest absolute Gasteiger partial charge is 0.396 e. The topological polar surface area (TPSA) is 67.2 Å². The number of hydrogen-bond donors (Lipinski definition) is 3. The van der Waals surface area contributed by atoms with Crippen LogP contribution in [0.25, 0.3) is 0 Å². The van der Waals surface area contributed by atoms with Gasteiger partial charge in [0.25, 0.3) is 5.91 Å². The Morgan fingerprint density at radius 1 is 1.61 bits per heavy atom.